The summed E-state index contributed by atoms with van der Waals surface area (Å²) in [7, 11) is 2.11. The van der Waals surface area contributed by atoms with Gasteiger partial charge in [-0.2, -0.15) is 0 Å². The first kappa shape index (κ1) is 11.5. The van der Waals surface area contributed by atoms with Gasteiger partial charge in [-0.25, -0.2) is 4.58 Å². The summed E-state index contributed by atoms with van der Waals surface area (Å²) in [4.78, 5) is 1.36. The van der Waals surface area contributed by atoms with E-state index in [1.807, 2.05) is 0 Å². The fourth-order valence-electron chi connectivity index (χ4n) is 0.648. The topological polar surface area (TPSA) is 3.01 Å². The summed E-state index contributed by atoms with van der Waals surface area (Å²) in [6.45, 7) is 5.30. The molecule has 0 saturated heterocycles. The first-order valence-electron chi connectivity index (χ1n) is 3.61. The molecule has 0 fully saturated rings. The number of halogens is 1. The molecule has 0 heterocycles. The summed E-state index contributed by atoms with van der Waals surface area (Å²) in [6.07, 6.45) is 4.26. The van der Waals surface area contributed by atoms with Crippen LogP contribution in [0.2, 0.25) is 0 Å². The van der Waals surface area contributed by atoms with Gasteiger partial charge in [0.15, 0.2) is 0 Å². The molecule has 0 aliphatic rings. The fraction of sp³-hybridized carbons (Fsp3) is 0.625. The SMILES string of the molecule is C/C=C(/SC)C(I)=[N+](C)CC. The molecule has 0 unspecified atom stereocenters. The van der Waals surface area contributed by atoms with E-state index >= 15 is 0 Å². The van der Waals surface area contributed by atoms with Gasteiger partial charge in [-0.1, -0.05) is 6.08 Å². The molecule has 0 radical (unpaired) electrons. The number of thioether (sulfide) groups is 1. The number of nitrogens with zero attached hydrogens (tertiary/aromatic N) is 1. The van der Waals surface area contributed by atoms with Crippen molar-refractivity contribution in [1.82, 2.24) is 0 Å². The lowest BCUT2D eigenvalue weighted by atomic mass is 10.5. The van der Waals surface area contributed by atoms with E-state index < -0.39 is 0 Å². The van der Waals surface area contributed by atoms with Crippen molar-refractivity contribution in [3.05, 3.63) is 11.0 Å². The van der Waals surface area contributed by atoms with Gasteiger partial charge in [-0.05, 0) is 20.1 Å². The van der Waals surface area contributed by atoms with Gasteiger partial charge in [0.05, 0.1) is 4.91 Å². The van der Waals surface area contributed by atoms with Crippen molar-refractivity contribution in [2.75, 3.05) is 19.8 Å². The first-order chi connectivity index (χ1) is 5.17. The lowest BCUT2D eigenvalue weighted by Gasteiger charge is -1.99. The maximum atomic E-state index is 2.38. The molecular weight excluding hydrogens is 269 g/mol. The standard InChI is InChI=1S/C8H15INS/c1-5-7(11-4)8(9)10(3)6-2/h5H,6H2,1-4H3/q+1/b7-5+,10-8?. The maximum absolute atomic E-state index is 2.38. The number of allylic oxidation sites excluding steroid dienone is 2. The molecule has 0 amide bonds. The van der Waals surface area contributed by atoms with Crippen LogP contribution in [0.1, 0.15) is 13.8 Å². The van der Waals surface area contributed by atoms with Gasteiger partial charge in [0.1, 0.15) is 13.6 Å². The summed E-state index contributed by atoms with van der Waals surface area (Å²) in [5.74, 6) is 0. The van der Waals surface area contributed by atoms with Crippen molar-refractivity contribution in [1.29, 1.82) is 0 Å². The van der Waals surface area contributed by atoms with Gasteiger partial charge in [0, 0.05) is 22.6 Å². The minimum atomic E-state index is 1.07. The van der Waals surface area contributed by atoms with Gasteiger partial charge < -0.3 is 0 Å². The van der Waals surface area contributed by atoms with Crippen LogP contribution in [0.3, 0.4) is 0 Å². The maximum Gasteiger partial charge on any atom is 0.248 e. The molecule has 0 aliphatic heterocycles. The Morgan fingerprint density at radius 2 is 2.18 bits per heavy atom. The molecule has 0 bridgehead atoms. The summed E-state index contributed by atoms with van der Waals surface area (Å²) < 4.78 is 3.58. The Balaban J connectivity index is 4.57. The molecule has 11 heavy (non-hydrogen) atoms. The Bertz CT molecular complexity index is 185. The van der Waals surface area contributed by atoms with Crippen molar-refractivity contribution in [2.24, 2.45) is 0 Å². The molecule has 0 aromatic heterocycles. The molecule has 0 rings (SSSR count). The van der Waals surface area contributed by atoms with Gasteiger partial charge >= 0.3 is 0 Å². The highest BCUT2D eigenvalue weighted by atomic mass is 127. The fourth-order valence-corrected chi connectivity index (χ4v) is 2.52. The van der Waals surface area contributed by atoms with Crippen LogP contribution < -0.4 is 0 Å². The van der Waals surface area contributed by atoms with E-state index in [4.69, 9.17) is 0 Å². The smallest absolute Gasteiger partial charge is 0.227 e. The van der Waals surface area contributed by atoms with E-state index in [-0.39, 0.29) is 0 Å². The molecule has 3 heteroatoms. The monoisotopic (exact) mass is 284 g/mol. The van der Waals surface area contributed by atoms with Gasteiger partial charge in [-0.15, -0.1) is 11.8 Å². The van der Waals surface area contributed by atoms with Crippen LogP contribution in [0.25, 0.3) is 0 Å². The van der Waals surface area contributed by atoms with E-state index in [9.17, 15) is 0 Å². The quantitative estimate of drug-likeness (QED) is 0.437. The lowest BCUT2D eigenvalue weighted by molar-refractivity contribution is -0.488. The average molecular weight is 284 g/mol. The normalized spacial score (nSPS) is 14.8. The van der Waals surface area contributed by atoms with Crippen LogP contribution >= 0.6 is 34.4 Å². The highest BCUT2D eigenvalue weighted by Crippen LogP contribution is 2.16. The van der Waals surface area contributed by atoms with Crippen LogP contribution in [-0.4, -0.2) is 28.1 Å². The largest absolute Gasteiger partial charge is 0.248 e. The zero-order chi connectivity index (χ0) is 8.85. The second kappa shape index (κ2) is 6.06. The third kappa shape index (κ3) is 3.60. The predicted molar refractivity (Wildman–Crippen MR) is 63.0 cm³/mol. The first-order valence-corrected chi connectivity index (χ1v) is 5.92. The van der Waals surface area contributed by atoms with Crippen molar-refractivity contribution in [2.45, 2.75) is 13.8 Å². The third-order valence-electron chi connectivity index (χ3n) is 1.49. The molecule has 0 spiro atoms. The molecule has 64 valence electrons. The van der Waals surface area contributed by atoms with Crippen molar-refractivity contribution < 1.29 is 4.58 Å². The highest BCUT2D eigenvalue weighted by Gasteiger charge is 2.09. The van der Waals surface area contributed by atoms with Crippen LogP contribution in [-0.2, 0) is 0 Å². The molecule has 0 atom stereocenters. The second-order valence-electron chi connectivity index (χ2n) is 2.16. The number of rotatable bonds is 3. The zero-order valence-corrected chi connectivity index (χ0v) is 10.5. The van der Waals surface area contributed by atoms with E-state index in [1.54, 1.807) is 11.8 Å². The Kier molecular flexibility index (Phi) is 6.33. The molecule has 0 aromatic rings. The van der Waals surface area contributed by atoms with E-state index in [0.29, 0.717) is 0 Å². The third-order valence-corrected chi connectivity index (χ3v) is 4.13. The molecule has 0 aliphatic carbocycles. The number of hydrogen-bond acceptors (Lipinski definition) is 1. The molecule has 0 saturated carbocycles. The lowest BCUT2D eigenvalue weighted by Crippen LogP contribution is -2.12. The van der Waals surface area contributed by atoms with Gasteiger partial charge in [0.25, 0.3) is 0 Å². The summed E-state index contributed by atoms with van der Waals surface area (Å²) >= 11 is 4.18. The highest BCUT2D eigenvalue weighted by molar-refractivity contribution is 14.1. The molecule has 1 nitrogen and oxygen atoms in total. The van der Waals surface area contributed by atoms with E-state index in [2.05, 4.69) is 60.4 Å². The summed E-state index contributed by atoms with van der Waals surface area (Å²) in [5, 5.41) is 0. The zero-order valence-electron chi connectivity index (χ0n) is 7.52. The Morgan fingerprint density at radius 1 is 1.64 bits per heavy atom. The molecule has 0 N–H and O–H groups in total. The Morgan fingerprint density at radius 3 is 2.45 bits per heavy atom. The average Bonchev–Trinajstić information content (AvgIpc) is 2.05. The van der Waals surface area contributed by atoms with E-state index in [0.717, 1.165) is 6.54 Å². The van der Waals surface area contributed by atoms with Crippen LogP contribution in [0, 0.1) is 0 Å². The summed E-state index contributed by atoms with van der Waals surface area (Å²) in [6, 6.07) is 0. The van der Waals surface area contributed by atoms with Crippen molar-refractivity contribution >= 4 is 38.1 Å². The second-order valence-corrected chi connectivity index (χ2v) is 4.03. The van der Waals surface area contributed by atoms with Crippen LogP contribution in [0.5, 0.6) is 0 Å². The van der Waals surface area contributed by atoms with Crippen molar-refractivity contribution in [3.63, 3.8) is 0 Å². The predicted octanol–water partition coefficient (Wildman–Crippen LogP) is 2.75. The molecule has 0 aromatic carbocycles. The Hall–Kier alpha value is 0.490. The van der Waals surface area contributed by atoms with Crippen LogP contribution in [0.15, 0.2) is 11.0 Å². The number of hydrogen-bond donors (Lipinski definition) is 0. The van der Waals surface area contributed by atoms with Gasteiger partial charge in [-0.3, -0.25) is 0 Å². The van der Waals surface area contributed by atoms with E-state index in [1.165, 1.54) is 8.62 Å². The van der Waals surface area contributed by atoms with Crippen LogP contribution in [0.4, 0.5) is 0 Å². The molecular formula is C8H15INS+. The summed E-state index contributed by atoms with van der Waals surface area (Å²) in [5.41, 5.74) is 0. The minimum Gasteiger partial charge on any atom is -0.227 e. The van der Waals surface area contributed by atoms with Crippen molar-refractivity contribution in [3.8, 4) is 0 Å². The Labute approximate surface area is 87.1 Å². The van der Waals surface area contributed by atoms with Gasteiger partial charge in [0.2, 0.25) is 3.72 Å². The minimum absolute atomic E-state index is 1.07.